The lowest BCUT2D eigenvalue weighted by atomic mass is 10.0. The number of ether oxygens (including phenoxy) is 2. The monoisotopic (exact) mass is 483 g/mol. The highest BCUT2D eigenvalue weighted by atomic mass is 19.1. The maximum absolute atomic E-state index is 14.1. The molecule has 9 nitrogen and oxygen atoms in total. The Balaban J connectivity index is 1.38. The van der Waals surface area contributed by atoms with Crippen molar-refractivity contribution >= 4 is 29.5 Å². The van der Waals surface area contributed by atoms with Crippen LogP contribution in [0.3, 0.4) is 0 Å². The summed E-state index contributed by atoms with van der Waals surface area (Å²) in [5.74, 6) is -1.39. The van der Waals surface area contributed by atoms with Crippen LogP contribution in [0, 0.1) is 5.82 Å². The molecule has 1 saturated heterocycles. The van der Waals surface area contributed by atoms with Crippen molar-refractivity contribution in [1.29, 1.82) is 0 Å². The normalized spacial score (nSPS) is 17.7. The number of fused-ring (bicyclic) bond motifs is 1. The molecule has 1 atom stereocenters. The molecule has 2 aromatic rings. The van der Waals surface area contributed by atoms with Crippen LogP contribution >= 0.6 is 0 Å². The predicted molar refractivity (Wildman–Crippen MR) is 123 cm³/mol. The van der Waals surface area contributed by atoms with E-state index in [-0.39, 0.29) is 43.5 Å². The van der Waals surface area contributed by atoms with E-state index in [0.717, 1.165) is 5.56 Å². The highest BCUT2D eigenvalue weighted by molar-refractivity contribution is 6.05. The molecule has 2 aromatic carbocycles. The predicted octanol–water partition coefficient (Wildman–Crippen LogP) is 3.51. The average molecular weight is 483 g/mol. The van der Waals surface area contributed by atoms with Crippen LogP contribution < -0.4 is 15.4 Å². The number of imide groups is 1. The summed E-state index contributed by atoms with van der Waals surface area (Å²) in [5, 5.41) is 4.63. The number of halogens is 1. The summed E-state index contributed by atoms with van der Waals surface area (Å²) >= 11 is 0. The van der Waals surface area contributed by atoms with Crippen LogP contribution in [0.15, 0.2) is 36.4 Å². The number of hydrogen-bond acceptors (Lipinski definition) is 6. The van der Waals surface area contributed by atoms with Gasteiger partial charge in [-0.15, -0.1) is 0 Å². The van der Waals surface area contributed by atoms with Crippen molar-refractivity contribution in [3.8, 4) is 5.75 Å². The molecule has 0 aliphatic carbocycles. The van der Waals surface area contributed by atoms with Gasteiger partial charge in [0.15, 0.2) is 0 Å². The molecule has 0 radical (unpaired) electrons. The largest absolute Gasteiger partial charge is 0.488 e. The van der Waals surface area contributed by atoms with Crippen LogP contribution in [0.25, 0.3) is 0 Å². The molecule has 0 saturated carbocycles. The minimum absolute atomic E-state index is 0.0826. The number of nitrogens with one attached hydrogen (secondary N) is 2. The second-order valence-corrected chi connectivity index (χ2v) is 9.45. The number of anilines is 1. The molecule has 0 aromatic heterocycles. The highest BCUT2D eigenvalue weighted by Crippen LogP contribution is 2.29. The lowest BCUT2D eigenvalue weighted by molar-refractivity contribution is -0.136. The minimum atomic E-state index is -0.867. The Kier molecular flexibility index (Phi) is 6.47. The minimum Gasteiger partial charge on any atom is -0.488 e. The number of carbonyl (C=O) groups excluding carboxylic acids is 4. The first kappa shape index (κ1) is 24.2. The van der Waals surface area contributed by atoms with Gasteiger partial charge in [0.25, 0.3) is 5.91 Å². The molecule has 1 fully saturated rings. The van der Waals surface area contributed by atoms with Crippen molar-refractivity contribution in [2.24, 2.45) is 0 Å². The molecule has 10 heteroatoms. The Bertz CT molecular complexity index is 1210. The Morgan fingerprint density at radius 1 is 1.17 bits per heavy atom. The lowest BCUT2D eigenvalue weighted by Gasteiger charge is -2.29. The first-order chi connectivity index (χ1) is 16.5. The van der Waals surface area contributed by atoms with Crippen LogP contribution in [0.2, 0.25) is 0 Å². The quantitative estimate of drug-likeness (QED) is 0.629. The number of hydrogen-bond donors (Lipinski definition) is 2. The van der Waals surface area contributed by atoms with Crippen molar-refractivity contribution < 1.29 is 33.0 Å². The van der Waals surface area contributed by atoms with Gasteiger partial charge < -0.3 is 14.4 Å². The third kappa shape index (κ3) is 5.59. The van der Waals surface area contributed by atoms with Crippen molar-refractivity contribution in [3.05, 3.63) is 58.9 Å². The Morgan fingerprint density at radius 3 is 2.66 bits per heavy atom. The molecule has 2 aliphatic rings. The third-order valence-corrected chi connectivity index (χ3v) is 5.56. The Labute approximate surface area is 201 Å². The molecule has 35 heavy (non-hydrogen) atoms. The van der Waals surface area contributed by atoms with Gasteiger partial charge in [-0.2, -0.15) is 0 Å². The molecule has 184 valence electrons. The highest BCUT2D eigenvalue weighted by Gasteiger charge is 2.39. The fourth-order valence-electron chi connectivity index (χ4n) is 4.00. The SMILES string of the molecule is CC(C)(C)Oc1ccc(F)c(NC(=O)OCc2ccc3c(c2)C(=O)N(C2CCC(=O)NC2=O)C3)c1. The Hall–Kier alpha value is -3.95. The summed E-state index contributed by atoms with van der Waals surface area (Å²) in [6.45, 7) is 5.66. The smallest absolute Gasteiger partial charge is 0.412 e. The molecular formula is C25H26FN3O6. The summed E-state index contributed by atoms with van der Waals surface area (Å²) in [6.07, 6.45) is -0.413. The van der Waals surface area contributed by atoms with Crippen LogP contribution in [0.4, 0.5) is 14.9 Å². The summed E-state index contributed by atoms with van der Waals surface area (Å²) < 4.78 is 25.0. The van der Waals surface area contributed by atoms with E-state index >= 15 is 0 Å². The molecule has 2 N–H and O–H groups in total. The molecule has 4 amide bonds. The molecule has 2 aliphatic heterocycles. The summed E-state index contributed by atoms with van der Waals surface area (Å²) in [6, 6.07) is 8.39. The maximum Gasteiger partial charge on any atom is 0.412 e. The third-order valence-electron chi connectivity index (χ3n) is 5.56. The van der Waals surface area contributed by atoms with Gasteiger partial charge in [0, 0.05) is 24.6 Å². The van der Waals surface area contributed by atoms with E-state index in [1.165, 1.54) is 23.1 Å². The topological polar surface area (TPSA) is 114 Å². The van der Waals surface area contributed by atoms with E-state index in [9.17, 15) is 23.6 Å². The molecule has 0 bridgehead atoms. The standard InChI is InChI=1S/C25H26FN3O6/c1-25(2,3)35-16-6-7-18(26)19(11-16)27-24(33)34-13-14-4-5-15-12-29(23(32)17(15)10-14)20-8-9-21(30)28-22(20)31/h4-7,10-11,20H,8-9,12-13H2,1-3H3,(H,27,33)(H,28,30,31). The van der Waals surface area contributed by atoms with E-state index in [1.54, 1.807) is 18.2 Å². The molecule has 4 rings (SSSR count). The number of benzene rings is 2. The maximum atomic E-state index is 14.1. The number of piperidine rings is 1. The van der Waals surface area contributed by atoms with Crippen LogP contribution in [0.5, 0.6) is 5.75 Å². The van der Waals surface area contributed by atoms with Crippen molar-refractivity contribution in [1.82, 2.24) is 10.2 Å². The summed E-state index contributed by atoms with van der Waals surface area (Å²) in [4.78, 5) is 50.2. The van der Waals surface area contributed by atoms with Gasteiger partial charge in [-0.1, -0.05) is 12.1 Å². The molecule has 2 heterocycles. The second kappa shape index (κ2) is 9.36. The number of nitrogens with zero attached hydrogens (tertiary/aromatic N) is 1. The first-order valence-electron chi connectivity index (χ1n) is 11.2. The van der Waals surface area contributed by atoms with E-state index in [1.807, 2.05) is 20.8 Å². The molecule has 0 spiro atoms. The molecular weight excluding hydrogens is 457 g/mol. The Morgan fingerprint density at radius 2 is 1.94 bits per heavy atom. The second-order valence-electron chi connectivity index (χ2n) is 9.45. The fourth-order valence-corrected chi connectivity index (χ4v) is 4.00. The van der Waals surface area contributed by atoms with Crippen LogP contribution in [-0.4, -0.2) is 40.4 Å². The van der Waals surface area contributed by atoms with E-state index in [2.05, 4.69) is 10.6 Å². The first-order valence-corrected chi connectivity index (χ1v) is 11.2. The van der Waals surface area contributed by atoms with Crippen molar-refractivity contribution in [2.45, 2.75) is 58.4 Å². The average Bonchev–Trinajstić information content (AvgIpc) is 3.09. The van der Waals surface area contributed by atoms with Gasteiger partial charge in [0.1, 0.15) is 29.8 Å². The van der Waals surface area contributed by atoms with Gasteiger partial charge in [-0.3, -0.25) is 25.0 Å². The zero-order valence-electron chi connectivity index (χ0n) is 19.6. The number of amides is 4. The lowest BCUT2D eigenvalue weighted by Crippen LogP contribution is -2.52. The fraction of sp³-hybridized carbons (Fsp3) is 0.360. The van der Waals surface area contributed by atoms with Gasteiger partial charge >= 0.3 is 6.09 Å². The van der Waals surface area contributed by atoms with Crippen molar-refractivity contribution in [3.63, 3.8) is 0 Å². The zero-order valence-corrected chi connectivity index (χ0v) is 19.6. The van der Waals surface area contributed by atoms with Gasteiger partial charge in [-0.05, 0) is 56.5 Å². The van der Waals surface area contributed by atoms with Crippen molar-refractivity contribution in [2.75, 3.05) is 5.32 Å². The van der Waals surface area contributed by atoms with Crippen LogP contribution in [0.1, 0.15) is 55.1 Å². The van der Waals surface area contributed by atoms with Crippen LogP contribution in [-0.2, 0) is 27.5 Å². The number of rotatable bonds is 5. The van der Waals surface area contributed by atoms with E-state index < -0.39 is 29.5 Å². The van der Waals surface area contributed by atoms with Gasteiger partial charge in [-0.25, -0.2) is 9.18 Å². The zero-order chi connectivity index (χ0) is 25.3. The number of carbonyl (C=O) groups is 4. The van der Waals surface area contributed by atoms with E-state index in [0.29, 0.717) is 16.9 Å². The summed E-state index contributed by atoms with van der Waals surface area (Å²) in [7, 11) is 0. The summed E-state index contributed by atoms with van der Waals surface area (Å²) in [5.41, 5.74) is 1.14. The van der Waals surface area contributed by atoms with E-state index in [4.69, 9.17) is 9.47 Å². The van der Waals surface area contributed by atoms with Gasteiger partial charge in [0.05, 0.1) is 5.69 Å². The van der Waals surface area contributed by atoms with Gasteiger partial charge in [0.2, 0.25) is 11.8 Å². The molecule has 1 unspecified atom stereocenters.